The van der Waals surface area contributed by atoms with Gasteiger partial charge in [-0.3, -0.25) is 0 Å². The Bertz CT molecular complexity index is 833. The highest BCUT2D eigenvalue weighted by Gasteiger charge is 2.18. The monoisotopic (exact) mass is 321 g/mol. The molecule has 1 atom stereocenters. The molecule has 1 heterocycles. The van der Waals surface area contributed by atoms with E-state index in [0.29, 0.717) is 12.5 Å². The molecular weight excluding hydrogens is 298 g/mol. The van der Waals surface area contributed by atoms with E-state index in [-0.39, 0.29) is 12.0 Å². The molecule has 0 spiro atoms. The second kappa shape index (κ2) is 6.91. The summed E-state index contributed by atoms with van der Waals surface area (Å²) in [6, 6.07) is 17.9. The third-order valence-corrected chi connectivity index (χ3v) is 4.39. The molecule has 0 saturated carbocycles. The van der Waals surface area contributed by atoms with Gasteiger partial charge >= 0.3 is 5.97 Å². The lowest BCUT2D eigenvalue weighted by Gasteiger charge is -2.15. The molecule has 124 valence electrons. The van der Waals surface area contributed by atoms with Crippen molar-refractivity contribution in [2.45, 2.75) is 39.3 Å². The van der Waals surface area contributed by atoms with Crippen LogP contribution in [-0.4, -0.2) is 10.5 Å². The zero-order chi connectivity index (χ0) is 17.1. The lowest BCUT2D eigenvalue weighted by molar-refractivity contribution is -0.148. The van der Waals surface area contributed by atoms with Gasteiger partial charge in [0.1, 0.15) is 12.6 Å². The van der Waals surface area contributed by atoms with E-state index in [2.05, 4.69) is 38.1 Å². The van der Waals surface area contributed by atoms with Gasteiger partial charge in [0.2, 0.25) is 0 Å². The van der Waals surface area contributed by atoms with Crippen LogP contribution in [0.15, 0.2) is 60.8 Å². The number of ether oxygens (including phenoxy) is 1. The molecule has 0 aliphatic heterocycles. The van der Waals surface area contributed by atoms with Crippen LogP contribution < -0.4 is 0 Å². The maximum atomic E-state index is 12.4. The fourth-order valence-corrected chi connectivity index (χ4v) is 2.84. The molecule has 0 saturated heterocycles. The first-order valence-corrected chi connectivity index (χ1v) is 8.37. The van der Waals surface area contributed by atoms with Crippen molar-refractivity contribution in [2.75, 3.05) is 0 Å². The standard InChI is InChI=1S/C21H23NO2/c1-15(2)18-9-10-20-19(13-18)11-12-22(20)16(3)21(23)24-14-17-7-5-4-6-8-17/h4-13,15-16H,14H2,1-3H3. The van der Waals surface area contributed by atoms with Crippen molar-refractivity contribution >= 4 is 16.9 Å². The Morgan fingerprint density at radius 2 is 1.79 bits per heavy atom. The molecule has 0 aliphatic rings. The number of carbonyl (C=O) groups excluding carboxylic acids is 1. The van der Waals surface area contributed by atoms with E-state index < -0.39 is 0 Å². The second-order valence-corrected chi connectivity index (χ2v) is 6.47. The molecule has 0 aliphatic carbocycles. The predicted octanol–water partition coefficient (Wildman–Crippen LogP) is 5.07. The maximum absolute atomic E-state index is 12.4. The van der Waals surface area contributed by atoms with E-state index in [1.807, 2.05) is 48.0 Å². The number of rotatable bonds is 5. The molecular formula is C21H23NO2. The summed E-state index contributed by atoms with van der Waals surface area (Å²) in [5.74, 6) is 0.273. The van der Waals surface area contributed by atoms with Crippen LogP contribution in [0.25, 0.3) is 10.9 Å². The number of nitrogens with zero attached hydrogens (tertiary/aromatic N) is 1. The number of hydrogen-bond acceptors (Lipinski definition) is 2. The molecule has 3 heteroatoms. The van der Waals surface area contributed by atoms with Crippen LogP contribution in [0.3, 0.4) is 0 Å². The van der Waals surface area contributed by atoms with E-state index in [9.17, 15) is 4.79 Å². The van der Waals surface area contributed by atoms with Crippen LogP contribution in [0.2, 0.25) is 0 Å². The van der Waals surface area contributed by atoms with Crippen molar-refractivity contribution in [3.63, 3.8) is 0 Å². The predicted molar refractivity (Wildman–Crippen MR) is 97.0 cm³/mol. The second-order valence-electron chi connectivity index (χ2n) is 6.47. The molecule has 0 bridgehead atoms. The summed E-state index contributed by atoms with van der Waals surface area (Å²) >= 11 is 0. The average Bonchev–Trinajstić information content (AvgIpc) is 3.03. The summed E-state index contributed by atoms with van der Waals surface area (Å²) in [6.45, 7) is 6.55. The minimum Gasteiger partial charge on any atom is -0.459 e. The topological polar surface area (TPSA) is 31.2 Å². The summed E-state index contributed by atoms with van der Waals surface area (Å²) in [5.41, 5.74) is 3.36. The number of fused-ring (bicyclic) bond motifs is 1. The Kier molecular flexibility index (Phi) is 4.70. The first-order valence-electron chi connectivity index (χ1n) is 8.37. The van der Waals surface area contributed by atoms with Crippen molar-refractivity contribution in [3.8, 4) is 0 Å². The Morgan fingerprint density at radius 1 is 1.04 bits per heavy atom. The average molecular weight is 321 g/mol. The van der Waals surface area contributed by atoms with Gasteiger partial charge in [-0.1, -0.05) is 50.2 Å². The van der Waals surface area contributed by atoms with Crippen molar-refractivity contribution in [1.29, 1.82) is 0 Å². The Morgan fingerprint density at radius 3 is 2.50 bits per heavy atom. The first-order chi connectivity index (χ1) is 11.6. The summed E-state index contributed by atoms with van der Waals surface area (Å²) in [4.78, 5) is 12.4. The molecule has 1 unspecified atom stereocenters. The molecule has 3 aromatic rings. The van der Waals surface area contributed by atoms with E-state index >= 15 is 0 Å². The Labute approximate surface area is 142 Å². The van der Waals surface area contributed by atoms with Gasteiger partial charge in [0.05, 0.1) is 0 Å². The minimum atomic E-state index is -0.351. The van der Waals surface area contributed by atoms with Crippen molar-refractivity contribution in [3.05, 3.63) is 71.9 Å². The highest BCUT2D eigenvalue weighted by molar-refractivity contribution is 5.84. The lowest BCUT2D eigenvalue weighted by Crippen LogP contribution is -2.18. The van der Waals surface area contributed by atoms with Crippen molar-refractivity contribution < 1.29 is 9.53 Å². The van der Waals surface area contributed by atoms with Gasteiger partial charge in [-0.2, -0.15) is 0 Å². The Balaban J connectivity index is 1.75. The van der Waals surface area contributed by atoms with Crippen LogP contribution in [0.5, 0.6) is 0 Å². The largest absolute Gasteiger partial charge is 0.459 e. The summed E-state index contributed by atoms with van der Waals surface area (Å²) in [5, 5.41) is 1.16. The molecule has 3 nitrogen and oxygen atoms in total. The first kappa shape index (κ1) is 16.3. The highest BCUT2D eigenvalue weighted by atomic mass is 16.5. The van der Waals surface area contributed by atoms with Gasteiger partial charge in [0.15, 0.2) is 0 Å². The van der Waals surface area contributed by atoms with Crippen LogP contribution in [0.1, 0.15) is 43.9 Å². The number of aromatic nitrogens is 1. The van der Waals surface area contributed by atoms with E-state index in [1.165, 1.54) is 5.56 Å². The van der Waals surface area contributed by atoms with Gasteiger partial charge in [-0.25, -0.2) is 4.79 Å². The molecule has 24 heavy (non-hydrogen) atoms. The molecule has 1 aromatic heterocycles. The fourth-order valence-electron chi connectivity index (χ4n) is 2.84. The van der Waals surface area contributed by atoms with Crippen LogP contribution >= 0.6 is 0 Å². The quantitative estimate of drug-likeness (QED) is 0.614. The third kappa shape index (κ3) is 3.35. The smallest absolute Gasteiger partial charge is 0.329 e. The lowest BCUT2D eigenvalue weighted by atomic mass is 10.0. The zero-order valence-corrected chi connectivity index (χ0v) is 14.4. The molecule has 0 amide bonds. The van der Waals surface area contributed by atoms with Gasteiger partial charge in [0.25, 0.3) is 0 Å². The number of hydrogen-bond donors (Lipinski definition) is 0. The minimum absolute atomic E-state index is 0.218. The van der Waals surface area contributed by atoms with E-state index in [4.69, 9.17) is 4.74 Å². The highest BCUT2D eigenvalue weighted by Crippen LogP contribution is 2.25. The summed E-state index contributed by atoms with van der Waals surface area (Å²) < 4.78 is 7.44. The van der Waals surface area contributed by atoms with Crippen LogP contribution in [0, 0.1) is 0 Å². The van der Waals surface area contributed by atoms with Crippen LogP contribution in [-0.2, 0) is 16.1 Å². The van der Waals surface area contributed by atoms with Gasteiger partial charge in [0, 0.05) is 11.7 Å². The molecule has 2 aromatic carbocycles. The summed E-state index contributed by atoms with van der Waals surface area (Å²) in [7, 11) is 0. The third-order valence-electron chi connectivity index (χ3n) is 4.39. The number of carbonyl (C=O) groups is 1. The Hall–Kier alpha value is -2.55. The van der Waals surface area contributed by atoms with Crippen molar-refractivity contribution in [1.82, 2.24) is 4.57 Å². The maximum Gasteiger partial charge on any atom is 0.329 e. The fraction of sp³-hybridized carbons (Fsp3) is 0.286. The van der Waals surface area contributed by atoms with Crippen LogP contribution in [0.4, 0.5) is 0 Å². The zero-order valence-electron chi connectivity index (χ0n) is 14.4. The van der Waals surface area contributed by atoms with Gasteiger partial charge in [-0.05, 0) is 47.6 Å². The summed E-state index contributed by atoms with van der Waals surface area (Å²) in [6.07, 6.45) is 1.96. The SMILES string of the molecule is CC(C)c1ccc2c(ccn2C(C)C(=O)OCc2ccccc2)c1. The van der Waals surface area contributed by atoms with Gasteiger partial charge in [-0.15, -0.1) is 0 Å². The number of benzene rings is 2. The van der Waals surface area contributed by atoms with E-state index in [1.54, 1.807) is 0 Å². The normalized spacial score (nSPS) is 12.5. The molecule has 0 radical (unpaired) electrons. The van der Waals surface area contributed by atoms with Gasteiger partial charge < -0.3 is 9.30 Å². The molecule has 0 fully saturated rings. The molecule has 3 rings (SSSR count). The molecule has 0 N–H and O–H groups in total. The number of esters is 1. The van der Waals surface area contributed by atoms with Crippen molar-refractivity contribution in [2.24, 2.45) is 0 Å². The van der Waals surface area contributed by atoms with E-state index in [0.717, 1.165) is 16.5 Å².